The molecule has 0 radical (unpaired) electrons. The van der Waals surface area contributed by atoms with Gasteiger partial charge in [-0.25, -0.2) is 0 Å². The molecule has 0 spiro atoms. The second-order valence-corrected chi connectivity index (χ2v) is 10.1. The van der Waals surface area contributed by atoms with Crippen molar-refractivity contribution in [1.29, 1.82) is 0 Å². The second-order valence-electron chi connectivity index (χ2n) is 10.1. The molecule has 8 rings (SSSR count). The van der Waals surface area contributed by atoms with Gasteiger partial charge in [-0.3, -0.25) is 0 Å². The highest BCUT2D eigenvalue weighted by atomic mass is 16.5. The Morgan fingerprint density at radius 3 is 2.05 bits per heavy atom. The van der Waals surface area contributed by atoms with Crippen LogP contribution in [-0.2, 0) is 4.74 Å². The minimum atomic E-state index is 0.296. The maximum atomic E-state index is 6.47. The van der Waals surface area contributed by atoms with Gasteiger partial charge in [-0.1, -0.05) is 97.1 Å². The van der Waals surface area contributed by atoms with Crippen LogP contribution in [0.1, 0.15) is 17.5 Å². The first kappa shape index (κ1) is 21.3. The molecule has 0 bridgehead atoms. The molecule has 5 aromatic carbocycles. The van der Waals surface area contributed by atoms with E-state index in [-0.39, 0.29) is 0 Å². The van der Waals surface area contributed by atoms with E-state index < -0.39 is 0 Å². The van der Waals surface area contributed by atoms with E-state index in [1.54, 1.807) is 0 Å². The van der Waals surface area contributed by atoms with Crippen molar-refractivity contribution in [3.8, 4) is 5.69 Å². The Kier molecular flexibility index (Phi) is 4.68. The number of allylic oxidation sites excluding steroid dienone is 4. The number of fused-ring (bicyclic) bond motifs is 5. The van der Waals surface area contributed by atoms with Gasteiger partial charge in [0, 0.05) is 27.9 Å². The molecule has 2 heteroatoms. The first-order valence-corrected chi connectivity index (χ1v) is 13.2. The quantitative estimate of drug-likeness (QED) is 0.243. The van der Waals surface area contributed by atoms with E-state index in [1.165, 1.54) is 49.4 Å². The summed E-state index contributed by atoms with van der Waals surface area (Å²) in [5.74, 6) is 2.30. The molecule has 1 aliphatic carbocycles. The van der Waals surface area contributed by atoms with Gasteiger partial charge in [-0.2, -0.15) is 0 Å². The molecule has 180 valence electrons. The highest BCUT2D eigenvalue weighted by molar-refractivity contribution is 6.09. The first-order chi connectivity index (χ1) is 18.8. The van der Waals surface area contributed by atoms with Crippen LogP contribution in [0.5, 0.6) is 0 Å². The van der Waals surface area contributed by atoms with E-state index in [4.69, 9.17) is 4.74 Å². The monoisotopic (exact) mass is 487 g/mol. The van der Waals surface area contributed by atoms with Crippen molar-refractivity contribution in [3.05, 3.63) is 150 Å². The van der Waals surface area contributed by atoms with Gasteiger partial charge in [-0.15, -0.1) is 0 Å². The summed E-state index contributed by atoms with van der Waals surface area (Å²) in [4.78, 5) is 0. The molecular weight excluding hydrogens is 462 g/mol. The standard InChI is InChI=1S/C36H25NO/c1-2-10-29-25(8-1)9-7-13-32(29)36-23-27-17-16-26(22-35(27)38-36)24-18-20-28(21-19-24)37-33-14-5-3-11-30(33)31-12-4-6-15-34(31)37/h1-16,18-23,27H,17H2. The Labute approximate surface area is 221 Å². The van der Waals surface area contributed by atoms with Crippen LogP contribution < -0.4 is 0 Å². The van der Waals surface area contributed by atoms with Crippen LogP contribution in [0, 0.1) is 5.92 Å². The summed E-state index contributed by atoms with van der Waals surface area (Å²) in [5, 5.41) is 5.03. The van der Waals surface area contributed by atoms with Gasteiger partial charge >= 0.3 is 0 Å². The predicted octanol–water partition coefficient (Wildman–Crippen LogP) is 9.30. The third kappa shape index (κ3) is 3.27. The lowest BCUT2D eigenvalue weighted by Gasteiger charge is -2.17. The van der Waals surface area contributed by atoms with Gasteiger partial charge in [0.1, 0.15) is 11.5 Å². The molecule has 2 nitrogen and oxygen atoms in total. The number of aromatic nitrogens is 1. The zero-order valence-electron chi connectivity index (χ0n) is 20.8. The van der Waals surface area contributed by atoms with Gasteiger partial charge in [0.2, 0.25) is 0 Å². The maximum absolute atomic E-state index is 6.47. The van der Waals surface area contributed by atoms with Crippen LogP contribution in [0.2, 0.25) is 0 Å². The molecular formula is C36H25NO. The summed E-state index contributed by atoms with van der Waals surface area (Å²) in [6.07, 6.45) is 7.80. The van der Waals surface area contributed by atoms with Crippen LogP contribution in [0.25, 0.3) is 49.6 Å². The van der Waals surface area contributed by atoms with Gasteiger partial charge in [0.15, 0.2) is 0 Å². The summed E-state index contributed by atoms with van der Waals surface area (Å²) >= 11 is 0. The summed E-state index contributed by atoms with van der Waals surface area (Å²) < 4.78 is 8.83. The Morgan fingerprint density at radius 1 is 0.632 bits per heavy atom. The highest BCUT2D eigenvalue weighted by Gasteiger charge is 2.27. The number of hydrogen-bond donors (Lipinski definition) is 0. The maximum Gasteiger partial charge on any atom is 0.131 e. The summed E-state index contributed by atoms with van der Waals surface area (Å²) in [6, 6.07) is 41.1. The molecule has 0 amide bonds. The average molecular weight is 488 g/mol. The van der Waals surface area contributed by atoms with Crippen molar-refractivity contribution < 1.29 is 4.74 Å². The lowest BCUT2D eigenvalue weighted by atomic mass is 9.91. The highest BCUT2D eigenvalue weighted by Crippen LogP contribution is 2.42. The normalized spacial score (nSPS) is 16.7. The van der Waals surface area contributed by atoms with E-state index in [0.29, 0.717) is 5.92 Å². The average Bonchev–Trinajstić information content (AvgIpc) is 3.56. The van der Waals surface area contributed by atoms with Crippen LogP contribution in [-0.4, -0.2) is 4.57 Å². The third-order valence-corrected chi connectivity index (χ3v) is 7.93. The zero-order chi connectivity index (χ0) is 25.1. The SMILES string of the molecule is C1=C(c2ccc(-n3c4ccccc4c4ccccc43)cc2)C=C2OC(c3cccc4ccccc34)=CC2C1. The van der Waals surface area contributed by atoms with Crippen LogP contribution in [0.4, 0.5) is 0 Å². The molecule has 2 aliphatic rings. The van der Waals surface area contributed by atoms with Gasteiger partial charge in [0.05, 0.1) is 11.0 Å². The predicted molar refractivity (Wildman–Crippen MR) is 158 cm³/mol. The fraction of sp³-hybridized carbons (Fsp3) is 0.0556. The van der Waals surface area contributed by atoms with E-state index in [2.05, 4.69) is 138 Å². The molecule has 0 saturated carbocycles. The van der Waals surface area contributed by atoms with Crippen LogP contribution >= 0.6 is 0 Å². The Balaban J connectivity index is 1.11. The zero-order valence-corrected chi connectivity index (χ0v) is 20.8. The number of para-hydroxylation sites is 2. The van der Waals surface area contributed by atoms with Crippen molar-refractivity contribution in [2.24, 2.45) is 5.92 Å². The molecule has 1 aromatic heterocycles. The molecule has 1 atom stereocenters. The molecule has 38 heavy (non-hydrogen) atoms. The molecule has 2 heterocycles. The topological polar surface area (TPSA) is 14.2 Å². The fourth-order valence-corrected chi connectivity index (χ4v) is 6.08. The van der Waals surface area contributed by atoms with Crippen molar-refractivity contribution in [1.82, 2.24) is 4.57 Å². The molecule has 0 N–H and O–H groups in total. The fourth-order valence-electron chi connectivity index (χ4n) is 6.08. The largest absolute Gasteiger partial charge is 0.461 e. The smallest absolute Gasteiger partial charge is 0.131 e. The number of benzene rings is 5. The second kappa shape index (κ2) is 8.36. The minimum absolute atomic E-state index is 0.296. The Hall–Kier alpha value is -4.82. The van der Waals surface area contributed by atoms with Gasteiger partial charge in [0.25, 0.3) is 0 Å². The van der Waals surface area contributed by atoms with Gasteiger partial charge in [-0.05, 0) is 64.7 Å². The van der Waals surface area contributed by atoms with E-state index >= 15 is 0 Å². The van der Waals surface area contributed by atoms with Crippen molar-refractivity contribution in [2.45, 2.75) is 6.42 Å². The Bertz CT molecular complexity index is 1910. The van der Waals surface area contributed by atoms with E-state index in [9.17, 15) is 0 Å². The Morgan fingerprint density at radius 2 is 1.29 bits per heavy atom. The molecule has 6 aromatic rings. The molecule has 0 fully saturated rings. The number of rotatable bonds is 3. The lowest BCUT2D eigenvalue weighted by molar-refractivity contribution is 0.367. The number of nitrogens with zero attached hydrogens (tertiary/aromatic N) is 1. The molecule has 0 saturated heterocycles. The van der Waals surface area contributed by atoms with Crippen molar-refractivity contribution >= 4 is 43.9 Å². The van der Waals surface area contributed by atoms with E-state index in [0.717, 1.165) is 23.5 Å². The number of hydrogen-bond acceptors (Lipinski definition) is 1. The third-order valence-electron chi connectivity index (χ3n) is 7.93. The molecule has 1 aliphatic heterocycles. The molecule has 1 unspecified atom stereocenters. The summed E-state index contributed by atoms with van der Waals surface area (Å²) in [7, 11) is 0. The van der Waals surface area contributed by atoms with Gasteiger partial charge < -0.3 is 9.30 Å². The van der Waals surface area contributed by atoms with E-state index in [1.807, 2.05) is 0 Å². The van der Waals surface area contributed by atoms with Crippen LogP contribution in [0.15, 0.2) is 139 Å². The first-order valence-electron chi connectivity index (χ1n) is 13.2. The van der Waals surface area contributed by atoms with Crippen molar-refractivity contribution in [2.75, 3.05) is 0 Å². The van der Waals surface area contributed by atoms with Crippen LogP contribution in [0.3, 0.4) is 0 Å². The summed E-state index contributed by atoms with van der Waals surface area (Å²) in [5.41, 5.74) is 7.23. The van der Waals surface area contributed by atoms with Crippen molar-refractivity contribution in [3.63, 3.8) is 0 Å². The number of ether oxygens (including phenoxy) is 1. The lowest BCUT2D eigenvalue weighted by Crippen LogP contribution is -2.02. The minimum Gasteiger partial charge on any atom is -0.461 e. The summed E-state index contributed by atoms with van der Waals surface area (Å²) in [6.45, 7) is 0.